The molecule has 3 nitrogen and oxygen atoms in total. The molecule has 2 rings (SSSR count). The summed E-state index contributed by atoms with van der Waals surface area (Å²) in [4.78, 5) is 7.86. The van der Waals surface area contributed by atoms with Crippen LogP contribution in [0.15, 0.2) is 12.5 Å². The Bertz CT molecular complexity index is 326. The van der Waals surface area contributed by atoms with Crippen molar-refractivity contribution in [3.63, 3.8) is 0 Å². The Labute approximate surface area is 92.8 Å². The van der Waals surface area contributed by atoms with Gasteiger partial charge in [-0.05, 0) is 12.8 Å². The average Bonchev–Trinajstić information content (AvgIpc) is 2.98. The summed E-state index contributed by atoms with van der Waals surface area (Å²) < 4.78 is 0. The summed E-state index contributed by atoms with van der Waals surface area (Å²) in [5.74, 6) is 1.39. The summed E-state index contributed by atoms with van der Waals surface area (Å²) in [7, 11) is 0. The summed E-state index contributed by atoms with van der Waals surface area (Å²) in [6.45, 7) is 0.841. The lowest BCUT2D eigenvalue weighted by atomic mass is 10.1. The number of nitrogens with one attached hydrogen (secondary N) is 1. The second-order valence-electron chi connectivity index (χ2n) is 3.71. The molecule has 0 saturated heterocycles. The third-order valence-corrected chi connectivity index (χ3v) is 3.38. The zero-order chi connectivity index (χ0) is 10.0. The molecule has 1 aromatic rings. The first-order valence-electron chi connectivity index (χ1n) is 4.51. The molecule has 1 saturated carbocycles. The van der Waals surface area contributed by atoms with Crippen molar-refractivity contribution in [1.82, 2.24) is 9.97 Å². The molecule has 1 heterocycles. The lowest BCUT2D eigenvalue weighted by Crippen LogP contribution is -2.17. The van der Waals surface area contributed by atoms with Gasteiger partial charge in [-0.25, -0.2) is 9.97 Å². The number of alkyl halides is 1. The molecule has 14 heavy (non-hydrogen) atoms. The minimum atomic E-state index is 0.274. The van der Waals surface area contributed by atoms with E-state index in [1.54, 1.807) is 6.20 Å². The van der Waals surface area contributed by atoms with Crippen molar-refractivity contribution >= 4 is 29.0 Å². The highest BCUT2D eigenvalue weighted by atomic mass is 35.5. The molecule has 0 atom stereocenters. The lowest BCUT2D eigenvalue weighted by molar-refractivity contribution is 0.617. The summed E-state index contributed by atoms with van der Waals surface area (Å²) in [6.07, 6.45) is 5.43. The van der Waals surface area contributed by atoms with Crippen molar-refractivity contribution in [2.75, 3.05) is 17.7 Å². The Balaban J connectivity index is 1.95. The minimum absolute atomic E-state index is 0.274. The molecule has 0 radical (unpaired) electrons. The summed E-state index contributed by atoms with van der Waals surface area (Å²) in [6, 6.07) is 0. The van der Waals surface area contributed by atoms with Crippen molar-refractivity contribution in [3.8, 4) is 0 Å². The predicted molar refractivity (Wildman–Crippen MR) is 57.9 cm³/mol. The SMILES string of the molecule is ClCC1(CNc2ncncc2Cl)CC1. The molecular weight excluding hydrogens is 221 g/mol. The highest BCUT2D eigenvalue weighted by Gasteiger charge is 2.41. The van der Waals surface area contributed by atoms with E-state index in [1.807, 2.05) is 0 Å². The van der Waals surface area contributed by atoms with Crippen molar-refractivity contribution in [1.29, 1.82) is 0 Å². The third-order valence-electron chi connectivity index (χ3n) is 2.54. The van der Waals surface area contributed by atoms with Crippen LogP contribution < -0.4 is 5.32 Å². The van der Waals surface area contributed by atoms with Gasteiger partial charge in [-0.2, -0.15) is 0 Å². The van der Waals surface area contributed by atoms with Gasteiger partial charge in [0.1, 0.15) is 17.2 Å². The van der Waals surface area contributed by atoms with Gasteiger partial charge in [0, 0.05) is 17.8 Å². The lowest BCUT2D eigenvalue weighted by Gasteiger charge is -2.13. The fourth-order valence-corrected chi connectivity index (χ4v) is 1.78. The number of nitrogens with zero attached hydrogens (tertiary/aromatic N) is 2. The largest absolute Gasteiger partial charge is 0.368 e. The summed E-state index contributed by atoms with van der Waals surface area (Å²) >= 11 is 11.8. The first kappa shape index (κ1) is 9.99. The van der Waals surface area contributed by atoms with Gasteiger partial charge in [-0.3, -0.25) is 0 Å². The molecule has 1 aliphatic carbocycles. The maximum atomic E-state index is 5.90. The van der Waals surface area contributed by atoms with E-state index in [9.17, 15) is 0 Å². The van der Waals surface area contributed by atoms with Crippen molar-refractivity contribution in [2.45, 2.75) is 12.8 Å². The molecular formula is C9H11Cl2N3. The van der Waals surface area contributed by atoms with Crippen molar-refractivity contribution in [3.05, 3.63) is 17.5 Å². The number of anilines is 1. The Morgan fingerprint density at radius 2 is 2.29 bits per heavy atom. The molecule has 1 aliphatic rings. The minimum Gasteiger partial charge on any atom is -0.368 e. The Hall–Kier alpha value is -0.540. The van der Waals surface area contributed by atoms with E-state index in [0.29, 0.717) is 16.7 Å². The molecule has 1 fully saturated rings. The average molecular weight is 232 g/mol. The van der Waals surface area contributed by atoms with E-state index in [2.05, 4.69) is 15.3 Å². The number of hydrogen-bond acceptors (Lipinski definition) is 3. The van der Waals surface area contributed by atoms with Crippen molar-refractivity contribution < 1.29 is 0 Å². The summed E-state index contributed by atoms with van der Waals surface area (Å²) in [5.41, 5.74) is 0.274. The van der Waals surface area contributed by atoms with Crippen LogP contribution in [0.25, 0.3) is 0 Å². The normalized spacial score (nSPS) is 17.9. The van der Waals surface area contributed by atoms with Crippen LogP contribution in [0.4, 0.5) is 5.82 Å². The van der Waals surface area contributed by atoms with Gasteiger partial charge in [0.25, 0.3) is 0 Å². The predicted octanol–water partition coefficient (Wildman–Crippen LogP) is 2.56. The second-order valence-corrected chi connectivity index (χ2v) is 4.38. The first-order chi connectivity index (χ1) is 6.76. The molecule has 1 N–H and O–H groups in total. The van der Waals surface area contributed by atoms with Gasteiger partial charge in [0.2, 0.25) is 0 Å². The first-order valence-corrected chi connectivity index (χ1v) is 5.42. The fourth-order valence-electron chi connectivity index (χ4n) is 1.25. The van der Waals surface area contributed by atoms with Gasteiger partial charge in [0.15, 0.2) is 0 Å². The topological polar surface area (TPSA) is 37.8 Å². The van der Waals surface area contributed by atoms with Crippen molar-refractivity contribution in [2.24, 2.45) is 5.41 Å². The quantitative estimate of drug-likeness (QED) is 0.810. The molecule has 0 amide bonds. The van der Waals surface area contributed by atoms with Gasteiger partial charge in [-0.15, -0.1) is 11.6 Å². The molecule has 1 aromatic heterocycles. The van der Waals surface area contributed by atoms with Crippen LogP contribution in [0, 0.1) is 5.41 Å². The maximum Gasteiger partial charge on any atom is 0.148 e. The monoisotopic (exact) mass is 231 g/mol. The zero-order valence-corrected chi connectivity index (χ0v) is 9.15. The van der Waals surface area contributed by atoms with E-state index >= 15 is 0 Å². The zero-order valence-electron chi connectivity index (χ0n) is 7.63. The van der Waals surface area contributed by atoms with Gasteiger partial charge >= 0.3 is 0 Å². The number of hydrogen-bond donors (Lipinski definition) is 1. The smallest absolute Gasteiger partial charge is 0.148 e. The van der Waals surface area contributed by atoms with E-state index in [-0.39, 0.29) is 5.41 Å². The highest BCUT2D eigenvalue weighted by molar-refractivity contribution is 6.32. The van der Waals surface area contributed by atoms with Crippen LogP contribution in [0.5, 0.6) is 0 Å². The van der Waals surface area contributed by atoms with Crippen LogP contribution in [0.3, 0.4) is 0 Å². The molecule has 5 heteroatoms. The molecule has 0 aromatic carbocycles. The van der Waals surface area contributed by atoms with E-state index in [1.165, 1.54) is 19.2 Å². The molecule has 0 spiro atoms. The number of halogens is 2. The van der Waals surface area contributed by atoms with Gasteiger partial charge in [-0.1, -0.05) is 11.6 Å². The van der Waals surface area contributed by atoms with Gasteiger partial charge in [0.05, 0.1) is 6.20 Å². The third kappa shape index (κ3) is 2.10. The van der Waals surface area contributed by atoms with E-state index in [0.717, 1.165) is 6.54 Å². The molecule has 76 valence electrons. The Kier molecular flexibility index (Phi) is 2.79. The van der Waals surface area contributed by atoms with E-state index < -0.39 is 0 Å². The standard InChI is InChI=1S/C9H11Cl2N3/c10-4-9(1-2-9)5-13-8-7(11)3-12-6-14-8/h3,6H,1-2,4-5H2,(H,12,13,14). The summed E-state index contributed by atoms with van der Waals surface area (Å²) in [5, 5.41) is 3.75. The van der Waals surface area contributed by atoms with Crippen LogP contribution in [-0.2, 0) is 0 Å². The second kappa shape index (κ2) is 3.91. The molecule has 0 bridgehead atoms. The highest BCUT2D eigenvalue weighted by Crippen LogP contribution is 2.46. The van der Waals surface area contributed by atoms with E-state index in [4.69, 9.17) is 23.2 Å². The maximum absolute atomic E-state index is 5.90. The van der Waals surface area contributed by atoms with Gasteiger partial charge < -0.3 is 5.32 Å². The van der Waals surface area contributed by atoms with Crippen LogP contribution in [0.2, 0.25) is 5.02 Å². The fraction of sp³-hybridized carbons (Fsp3) is 0.556. The van der Waals surface area contributed by atoms with Crippen LogP contribution >= 0.6 is 23.2 Å². The molecule has 0 aliphatic heterocycles. The Morgan fingerprint density at radius 1 is 1.50 bits per heavy atom. The van der Waals surface area contributed by atoms with Crippen LogP contribution in [-0.4, -0.2) is 22.4 Å². The Morgan fingerprint density at radius 3 is 2.86 bits per heavy atom. The molecule has 0 unspecified atom stereocenters. The number of rotatable bonds is 4. The van der Waals surface area contributed by atoms with Crippen LogP contribution in [0.1, 0.15) is 12.8 Å². The number of aromatic nitrogens is 2.